The summed E-state index contributed by atoms with van der Waals surface area (Å²) in [5.74, 6) is -1.41. The number of para-hydroxylation sites is 1. The van der Waals surface area contributed by atoms with Crippen LogP contribution in [0.15, 0.2) is 42.5 Å². The summed E-state index contributed by atoms with van der Waals surface area (Å²) in [6, 6.07) is 10.1. The van der Waals surface area contributed by atoms with Gasteiger partial charge in [0.2, 0.25) is 0 Å². The van der Waals surface area contributed by atoms with E-state index < -0.39 is 18.2 Å². The van der Waals surface area contributed by atoms with E-state index in [0.717, 1.165) is 0 Å². The summed E-state index contributed by atoms with van der Waals surface area (Å²) in [6.07, 6.45) is 0. The molecule has 2 aromatic carbocycles. The van der Waals surface area contributed by atoms with E-state index in [0.29, 0.717) is 0 Å². The molecule has 0 saturated carbocycles. The first-order valence-electron chi connectivity index (χ1n) is 5.03. The molecular formula is C13H10F2O2. The number of aliphatic hydroxyl groups excluding tert-OH is 1. The van der Waals surface area contributed by atoms with E-state index in [1.807, 2.05) is 0 Å². The fourth-order valence-corrected chi connectivity index (χ4v) is 1.40. The predicted molar refractivity (Wildman–Crippen MR) is 58.8 cm³/mol. The Morgan fingerprint density at radius 2 is 1.65 bits per heavy atom. The summed E-state index contributed by atoms with van der Waals surface area (Å²) in [4.78, 5) is 0. The largest absolute Gasteiger partial charge is 0.451 e. The van der Waals surface area contributed by atoms with E-state index in [4.69, 9.17) is 9.84 Å². The summed E-state index contributed by atoms with van der Waals surface area (Å²) in [5.41, 5.74) is 0.110. The SMILES string of the molecule is OCc1cccc(Oc2ccccc2F)c1F. The van der Waals surface area contributed by atoms with Crippen molar-refractivity contribution in [3.63, 3.8) is 0 Å². The molecule has 2 aromatic rings. The fourth-order valence-electron chi connectivity index (χ4n) is 1.40. The van der Waals surface area contributed by atoms with Gasteiger partial charge in [0.15, 0.2) is 23.1 Å². The fraction of sp³-hybridized carbons (Fsp3) is 0.0769. The van der Waals surface area contributed by atoms with E-state index in [-0.39, 0.29) is 17.1 Å². The van der Waals surface area contributed by atoms with Gasteiger partial charge in [-0.15, -0.1) is 0 Å². The van der Waals surface area contributed by atoms with Gasteiger partial charge in [-0.3, -0.25) is 0 Å². The molecular weight excluding hydrogens is 226 g/mol. The Morgan fingerprint density at radius 3 is 2.35 bits per heavy atom. The highest BCUT2D eigenvalue weighted by molar-refractivity contribution is 5.36. The lowest BCUT2D eigenvalue weighted by atomic mass is 10.2. The zero-order valence-electron chi connectivity index (χ0n) is 8.86. The zero-order chi connectivity index (χ0) is 12.3. The molecule has 0 heterocycles. The van der Waals surface area contributed by atoms with Crippen LogP contribution in [0.2, 0.25) is 0 Å². The van der Waals surface area contributed by atoms with Gasteiger partial charge in [0.05, 0.1) is 6.61 Å². The van der Waals surface area contributed by atoms with Crippen LogP contribution >= 0.6 is 0 Å². The molecule has 0 aliphatic rings. The molecule has 2 nitrogen and oxygen atoms in total. The molecule has 0 atom stereocenters. The summed E-state index contributed by atoms with van der Waals surface area (Å²) < 4.78 is 32.1. The van der Waals surface area contributed by atoms with Crippen molar-refractivity contribution in [1.29, 1.82) is 0 Å². The number of benzene rings is 2. The van der Waals surface area contributed by atoms with Gasteiger partial charge in [-0.05, 0) is 18.2 Å². The van der Waals surface area contributed by atoms with Crippen molar-refractivity contribution in [2.75, 3.05) is 0 Å². The van der Waals surface area contributed by atoms with E-state index in [2.05, 4.69) is 0 Å². The second-order valence-corrected chi connectivity index (χ2v) is 3.42. The monoisotopic (exact) mass is 236 g/mol. The van der Waals surface area contributed by atoms with Crippen LogP contribution in [0.5, 0.6) is 11.5 Å². The van der Waals surface area contributed by atoms with Crippen LogP contribution in [0.25, 0.3) is 0 Å². The first-order valence-corrected chi connectivity index (χ1v) is 5.03. The number of ether oxygens (including phenoxy) is 1. The van der Waals surface area contributed by atoms with Crippen LogP contribution < -0.4 is 4.74 Å². The molecule has 0 fully saturated rings. The maximum atomic E-state index is 13.7. The number of hydrogen-bond acceptors (Lipinski definition) is 2. The van der Waals surface area contributed by atoms with Crippen LogP contribution in [0, 0.1) is 11.6 Å². The highest BCUT2D eigenvalue weighted by Crippen LogP contribution is 2.27. The third-order valence-electron chi connectivity index (χ3n) is 2.27. The summed E-state index contributed by atoms with van der Waals surface area (Å²) in [7, 11) is 0. The third-order valence-corrected chi connectivity index (χ3v) is 2.27. The van der Waals surface area contributed by atoms with Crippen molar-refractivity contribution in [1.82, 2.24) is 0 Å². The second-order valence-electron chi connectivity index (χ2n) is 3.42. The average molecular weight is 236 g/mol. The van der Waals surface area contributed by atoms with E-state index in [1.165, 1.54) is 36.4 Å². The Labute approximate surface area is 97.1 Å². The lowest BCUT2D eigenvalue weighted by molar-refractivity contribution is 0.273. The van der Waals surface area contributed by atoms with E-state index in [1.54, 1.807) is 6.07 Å². The van der Waals surface area contributed by atoms with Gasteiger partial charge in [-0.25, -0.2) is 8.78 Å². The van der Waals surface area contributed by atoms with E-state index >= 15 is 0 Å². The van der Waals surface area contributed by atoms with Crippen molar-refractivity contribution in [2.45, 2.75) is 6.61 Å². The topological polar surface area (TPSA) is 29.5 Å². The normalized spacial score (nSPS) is 10.3. The third kappa shape index (κ3) is 2.42. The quantitative estimate of drug-likeness (QED) is 0.886. The average Bonchev–Trinajstić information content (AvgIpc) is 2.34. The minimum atomic E-state index is -0.682. The second kappa shape index (κ2) is 4.93. The van der Waals surface area contributed by atoms with Gasteiger partial charge in [-0.1, -0.05) is 24.3 Å². The molecule has 0 bridgehead atoms. The number of halogens is 2. The molecule has 0 spiro atoms. The first kappa shape index (κ1) is 11.5. The van der Waals surface area contributed by atoms with Crippen molar-refractivity contribution in [2.24, 2.45) is 0 Å². The standard InChI is InChI=1S/C13H10F2O2/c14-10-5-1-2-6-11(10)17-12-7-3-4-9(8-16)13(12)15/h1-7,16H,8H2. The summed E-state index contributed by atoms with van der Waals surface area (Å²) in [6.45, 7) is -0.430. The minimum absolute atomic E-state index is 0.0542. The first-order chi connectivity index (χ1) is 8.22. The molecule has 2 rings (SSSR count). The highest BCUT2D eigenvalue weighted by atomic mass is 19.1. The Morgan fingerprint density at radius 1 is 0.941 bits per heavy atom. The van der Waals surface area contributed by atoms with Crippen molar-refractivity contribution in [3.8, 4) is 11.5 Å². The summed E-state index contributed by atoms with van der Waals surface area (Å²) in [5, 5.41) is 8.89. The van der Waals surface area contributed by atoms with Crippen molar-refractivity contribution >= 4 is 0 Å². The maximum absolute atomic E-state index is 13.7. The molecule has 4 heteroatoms. The lowest BCUT2D eigenvalue weighted by Gasteiger charge is -2.09. The number of rotatable bonds is 3. The van der Waals surface area contributed by atoms with Crippen LogP contribution in [0.1, 0.15) is 5.56 Å². The van der Waals surface area contributed by atoms with Gasteiger partial charge >= 0.3 is 0 Å². The molecule has 0 aliphatic carbocycles. The molecule has 17 heavy (non-hydrogen) atoms. The maximum Gasteiger partial charge on any atom is 0.171 e. The molecule has 0 unspecified atom stereocenters. The molecule has 0 amide bonds. The van der Waals surface area contributed by atoms with Crippen LogP contribution in [-0.2, 0) is 6.61 Å². The van der Waals surface area contributed by atoms with Crippen LogP contribution in [0.3, 0.4) is 0 Å². The molecule has 0 radical (unpaired) electrons. The van der Waals surface area contributed by atoms with E-state index in [9.17, 15) is 8.78 Å². The van der Waals surface area contributed by atoms with Gasteiger partial charge < -0.3 is 9.84 Å². The Balaban J connectivity index is 2.34. The number of aliphatic hydroxyl groups is 1. The van der Waals surface area contributed by atoms with Crippen molar-refractivity contribution < 1.29 is 18.6 Å². The Kier molecular flexibility index (Phi) is 3.35. The molecule has 0 saturated heterocycles. The Hall–Kier alpha value is -1.94. The molecule has 0 aromatic heterocycles. The highest BCUT2D eigenvalue weighted by Gasteiger charge is 2.11. The van der Waals surface area contributed by atoms with Crippen molar-refractivity contribution in [3.05, 3.63) is 59.7 Å². The minimum Gasteiger partial charge on any atom is -0.451 e. The smallest absolute Gasteiger partial charge is 0.171 e. The predicted octanol–water partition coefficient (Wildman–Crippen LogP) is 3.25. The Bertz CT molecular complexity index is 527. The van der Waals surface area contributed by atoms with Gasteiger partial charge in [-0.2, -0.15) is 0 Å². The van der Waals surface area contributed by atoms with Gasteiger partial charge in [0.1, 0.15) is 0 Å². The van der Waals surface area contributed by atoms with Crippen LogP contribution in [-0.4, -0.2) is 5.11 Å². The van der Waals surface area contributed by atoms with Gasteiger partial charge in [0.25, 0.3) is 0 Å². The molecule has 88 valence electrons. The molecule has 0 aliphatic heterocycles. The summed E-state index contributed by atoms with van der Waals surface area (Å²) >= 11 is 0. The zero-order valence-corrected chi connectivity index (χ0v) is 8.86. The number of hydrogen-bond donors (Lipinski definition) is 1. The van der Waals surface area contributed by atoms with Gasteiger partial charge in [0, 0.05) is 5.56 Å². The van der Waals surface area contributed by atoms with Crippen LogP contribution in [0.4, 0.5) is 8.78 Å². The molecule has 1 N–H and O–H groups in total. The lowest BCUT2D eigenvalue weighted by Crippen LogP contribution is -1.95.